The average Bonchev–Trinajstić information content (AvgIpc) is 2.17. The van der Waals surface area contributed by atoms with E-state index in [2.05, 4.69) is 0 Å². The Morgan fingerprint density at radius 1 is 1.40 bits per heavy atom. The molecule has 0 spiro atoms. The molecule has 0 unspecified atom stereocenters. The zero-order valence-corrected chi connectivity index (χ0v) is 8.34. The summed E-state index contributed by atoms with van der Waals surface area (Å²) >= 11 is 0. The third kappa shape index (κ3) is 1.71. The van der Waals surface area contributed by atoms with Crippen molar-refractivity contribution in [2.75, 3.05) is 0 Å². The van der Waals surface area contributed by atoms with Crippen LogP contribution in [0, 0.1) is 11.6 Å². The zero-order valence-electron chi connectivity index (χ0n) is 8.34. The molecule has 15 heavy (non-hydrogen) atoms. The first-order chi connectivity index (χ1) is 7.09. The van der Waals surface area contributed by atoms with Gasteiger partial charge in [0.1, 0.15) is 11.6 Å². The van der Waals surface area contributed by atoms with Crippen molar-refractivity contribution >= 4 is 5.91 Å². The van der Waals surface area contributed by atoms with E-state index in [1.807, 2.05) is 6.92 Å². The topological polar surface area (TPSA) is 20.3 Å². The predicted octanol–water partition coefficient (Wildman–Crippen LogP) is 2.09. The van der Waals surface area contributed by atoms with Gasteiger partial charge in [0.25, 0.3) is 0 Å². The third-order valence-corrected chi connectivity index (χ3v) is 2.71. The van der Waals surface area contributed by atoms with Gasteiger partial charge in [-0.1, -0.05) is 6.07 Å². The fourth-order valence-corrected chi connectivity index (χ4v) is 1.71. The molecule has 1 atom stereocenters. The lowest BCUT2D eigenvalue weighted by molar-refractivity contribution is -0.145. The first-order valence-corrected chi connectivity index (χ1v) is 4.82. The van der Waals surface area contributed by atoms with Gasteiger partial charge in [0.15, 0.2) is 0 Å². The van der Waals surface area contributed by atoms with Crippen molar-refractivity contribution in [3.05, 3.63) is 35.4 Å². The third-order valence-electron chi connectivity index (χ3n) is 2.71. The van der Waals surface area contributed by atoms with E-state index >= 15 is 0 Å². The Morgan fingerprint density at radius 2 is 2.00 bits per heavy atom. The maximum atomic E-state index is 13.2. The number of carbonyl (C=O) groups excluding carboxylic acids is 1. The molecule has 0 saturated carbocycles. The molecule has 1 aromatic carbocycles. The number of nitrogens with zero attached hydrogens (tertiary/aromatic N) is 1. The first kappa shape index (κ1) is 10.1. The lowest BCUT2D eigenvalue weighted by Crippen LogP contribution is -2.50. The first-order valence-electron chi connectivity index (χ1n) is 4.82. The van der Waals surface area contributed by atoms with Gasteiger partial charge in [0, 0.05) is 18.0 Å². The number of hydrogen-bond donors (Lipinski definition) is 0. The second-order valence-corrected chi connectivity index (χ2v) is 3.77. The smallest absolute Gasteiger partial charge is 0.225 e. The summed E-state index contributed by atoms with van der Waals surface area (Å²) in [7, 11) is 0. The summed E-state index contributed by atoms with van der Waals surface area (Å²) < 4.78 is 26.5. The van der Waals surface area contributed by atoms with Crippen LogP contribution in [0.2, 0.25) is 0 Å². The van der Waals surface area contributed by atoms with E-state index in [0.29, 0.717) is 6.42 Å². The second-order valence-electron chi connectivity index (χ2n) is 3.77. The number of halogens is 2. The number of carbonyl (C=O) groups is 1. The van der Waals surface area contributed by atoms with Crippen LogP contribution in [0.5, 0.6) is 0 Å². The van der Waals surface area contributed by atoms with E-state index in [1.165, 1.54) is 23.1 Å². The molecule has 1 saturated heterocycles. The average molecular weight is 211 g/mol. The van der Waals surface area contributed by atoms with Crippen molar-refractivity contribution in [1.82, 2.24) is 4.90 Å². The molecule has 1 aliphatic heterocycles. The Kier molecular flexibility index (Phi) is 2.42. The molecule has 1 heterocycles. The number of β-lactam (4-membered cyclic amide) rings is 1. The number of benzene rings is 1. The van der Waals surface area contributed by atoms with Gasteiger partial charge in [-0.15, -0.1) is 0 Å². The molecule has 1 amide bonds. The summed E-state index contributed by atoms with van der Waals surface area (Å²) in [5.74, 6) is -1.24. The fourth-order valence-electron chi connectivity index (χ4n) is 1.71. The van der Waals surface area contributed by atoms with Crippen molar-refractivity contribution in [1.29, 1.82) is 0 Å². The largest absolute Gasteiger partial charge is 0.335 e. The summed E-state index contributed by atoms with van der Waals surface area (Å²) in [5, 5.41) is 0. The van der Waals surface area contributed by atoms with Gasteiger partial charge in [-0.3, -0.25) is 4.79 Å². The monoisotopic (exact) mass is 211 g/mol. The Hall–Kier alpha value is -1.45. The van der Waals surface area contributed by atoms with Gasteiger partial charge < -0.3 is 4.90 Å². The van der Waals surface area contributed by atoms with Crippen molar-refractivity contribution < 1.29 is 13.6 Å². The highest BCUT2D eigenvalue weighted by molar-refractivity contribution is 5.82. The van der Waals surface area contributed by atoms with Crippen molar-refractivity contribution in [2.45, 2.75) is 25.9 Å². The van der Waals surface area contributed by atoms with Crippen LogP contribution in [0.3, 0.4) is 0 Å². The van der Waals surface area contributed by atoms with Crippen molar-refractivity contribution in [3.8, 4) is 0 Å². The molecule has 2 nitrogen and oxygen atoms in total. The Morgan fingerprint density at radius 3 is 2.47 bits per heavy atom. The van der Waals surface area contributed by atoms with Crippen molar-refractivity contribution in [2.24, 2.45) is 0 Å². The maximum absolute atomic E-state index is 13.2. The molecule has 1 aliphatic rings. The molecule has 0 aliphatic carbocycles. The quantitative estimate of drug-likeness (QED) is 0.686. The summed E-state index contributed by atoms with van der Waals surface area (Å²) in [4.78, 5) is 12.6. The van der Waals surface area contributed by atoms with Crippen LogP contribution in [-0.2, 0) is 11.3 Å². The Balaban J connectivity index is 2.20. The van der Waals surface area contributed by atoms with Crippen molar-refractivity contribution in [3.63, 3.8) is 0 Å². The van der Waals surface area contributed by atoms with E-state index in [9.17, 15) is 13.6 Å². The summed E-state index contributed by atoms with van der Waals surface area (Å²) in [6, 6.07) is 3.80. The molecular formula is C11H11F2NO. The molecule has 1 fully saturated rings. The highest BCUT2D eigenvalue weighted by atomic mass is 19.1. The minimum absolute atomic E-state index is 0.0263. The highest BCUT2D eigenvalue weighted by Gasteiger charge is 2.33. The molecule has 0 radical (unpaired) electrons. The number of hydrogen-bond acceptors (Lipinski definition) is 1. The summed E-state index contributed by atoms with van der Waals surface area (Å²) in [6.07, 6.45) is 0.468. The van der Waals surface area contributed by atoms with Gasteiger partial charge in [0.2, 0.25) is 5.91 Å². The van der Waals surface area contributed by atoms with Crippen LogP contribution in [0.15, 0.2) is 18.2 Å². The van der Waals surface area contributed by atoms with E-state index < -0.39 is 11.6 Å². The molecule has 1 aromatic rings. The summed E-state index contributed by atoms with van der Waals surface area (Å²) in [5.41, 5.74) is -0.0302. The molecule has 0 N–H and O–H groups in total. The van der Waals surface area contributed by atoms with E-state index in [4.69, 9.17) is 0 Å². The predicted molar refractivity (Wildman–Crippen MR) is 51.0 cm³/mol. The lowest BCUT2D eigenvalue weighted by Gasteiger charge is -2.38. The SMILES string of the molecule is C[C@@H]1CC(=O)N1Cc1c(F)cccc1F. The van der Waals surface area contributed by atoms with E-state index in [1.54, 1.807) is 0 Å². The lowest BCUT2D eigenvalue weighted by atomic mass is 10.0. The maximum Gasteiger partial charge on any atom is 0.225 e. The molecule has 80 valence electrons. The molecular weight excluding hydrogens is 200 g/mol. The Labute approximate surface area is 86.5 Å². The molecule has 0 bridgehead atoms. The van der Waals surface area contributed by atoms with Crippen LogP contribution in [0.4, 0.5) is 8.78 Å². The van der Waals surface area contributed by atoms with Crippen LogP contribution in [0.1, 0.15) is 18.9 Å². The van der Waals surface area contributed by atoms with Gasteiger partial charge in [-0.05, 0) is 19.1 Å². The van der Waals surface area contributed by atoms with Gasteiger partial charge in [0.05, 0.1) is 6.54 Å². The molecule has 4 heteroatoms. The minimum Gasteiger partial charge on any atom is -0.335 e. The zero-order chi connectivity index (χ0) is 11.0. The van der Waals surface area contributed by atoms with Gasteiger partial charge in [-0.25, -0.2) is 8.78 Å². The fraction of sp³-hybridized carbons (Fsp3) is 0.364. The second kappa shape index (κ2) is 3.61. The van der Waals surface area contributed by atoms with Gasteiger partial charge in [-0.2, -0.15) is 0 Å². The number of rotatable bonds is 2. The van der Waals surface area contributed by atoms with E-state index in [0.717, 1.165) is 0 Å². The number of amides is 1. The normalized spacial score (nSPS) is 20.3. The van der Waals surface area contributed by atoms with E-state index in [-0.39, 0.29) is 24.1 Å². The van der Waals surface area contributed by atoms with Crippen LogP contribution >= 0.6 is 0 Å². The molecule has 2 rings (SSSR count). The standard InChI is InChI=1S/C11H11F2NO/c1-7-5-11(15)14(7)6-8-9(12)3-2-4-10(8)13/h2-4,7H,5-6H2,1H3/t7-/m1/s1. The van der Waals surface area contributed by atoms with Crippen LogP contribution < -0.4 is 0 Å². The summed E-state index contributed by atoms with van der Waals surface area (Å²) in [6.45, 7) is 1.89. The molecule has 0 aromatic heterocycles. The van der Waals surface area contributed by atoms with Crippen LogP contribution in [0.25, 0.3) is 0 Å². The van der Waals surface area contributed by atoms with Gasteiger partial charge >= 0.3 is 0 Å². The Bertz CT molecular complexity index is 385. The number of likely N-dealkylation sites (tertiary alicyclic amines) is 1. The van der Waals surface area contributed by atoms with Crippen LogP contribution in [-0.4, -0.2) is 16.8 Å². The minimum atomic E-state index is -0.595. The highest BCUT2D eigenvalue weighted by Crippen LogP contribution is 2.23.